The predicted octanol–water partition coefficient (Wildman–Crippen LogP) is 2.46. The molecular weight excluding hydrogens is 352 g/mol. The van der Waals surface area contributed by atoms with Crippen LogP contribution in [0, 0.1) is 17.8 Å². The standard InChI is InChI=1S/C19H36N4O2.ClH/c1-14(2)12-21-19(25)23-8-4-5-16(13-23)11-18(24)22-9-6-17(7-10-22)15(3)20;/h14-17H,4-13,20H2,1-3H3,(H,21,25);1H. The average molecular weight is 389 g/mol. The van der Waals surface area contributed by atoms with Crippen LogP contribution < -0.4 is 11.1 Å². The van der Waals surface area contributed by atoms with Crippen LogP contribution in [0.1, 0.15) is 52.9 Å². The lowest BCUT2D eigenvalue weighted by Gasteiger charge is -2.36. The minimum absolute atomic E-state index is 0. The highest BCUT2D eigenvalue weighted by atomic mass is 35.5. The molecule has 2 aliphatic rings. The second-order valence-corrected chi connectivity index (χ2v) is 8.32. The van der Waals surface area contributed by atoms with Crippen molar-refractivity contribution in [1.29, 1.82) is 0 Å². The number of halogens is 1. The zero-order valence-electron chi connectivity index (χ0n) is 16.6. The molecule has 2 aliphatic heterocycles. The number of likely N-dealkylation sites (tertiary alicyclic amines) is 2. The molecular formula is C19H37ClN4O2. The highest BCUT2D eigenvalue weighted by Crippen LogP contribution is 2.24. The Morgan fingerprint density at radius 3 is 2.31 bits per heavy atom. The largest absolute Gasteiger partial charge is 0.343 e. The van der Waals surface area contributed by atoms with Crippen molar-refractivity contribution in [2.24, 2.45) is 23.5 Å². The number of amides is 3. The molecule has 7 heteroatoms. The fourth-order valence-corrected chi connectivity index (χ4v) is 3.87. The van der Waals surface area contributed by atoms with E-state index in [1.54, 1.807) is 0 Å². The SMILES string of the molecule is CC(C)CNC(=O)N1CCCC(CC(=O)N2CCC(C(C)N)CC2)C1.Cl. The van der Waals surface area contributed by atoms with Crippen molar-refractivity contribution in [3.63, 3.8) is 0 Å². The van der Waals surface area contributed by atoms with E-state index in [0.29, 0.717) is 31.3 Å². The molecule has 0 radical (unpaired) electrons. The van der Waals surface area contributed by atoms with Gasteiger partial charge in [-0.25, -0.2) is 4.79 Å². The van der Waals surface area contributed by atoms with Gasteiger partial charge in [0.2, 0.25) is 5.91 Å². The van der Waals surface area contributed by atoms with E-state index in [4.69, 9.17) is 5.73 Å². The van der Waals surface area contributed by atoms with Crippen LogP contribution in [0.15, 0.2) is 0 Å². The van der Waals surface area contributed by atoms with Crippen LogP contribution in [0.5, 0.6) is 0 Å². The molecule has 2 atom stereocenters. The minimum Gasteiger partial charge on any atom is -0.343 e. The lowest BCUT2D eigenvalue weighted by Crippen LogP contribution is -2.48. The van der Waals surface area contributed by atoms with Gasteiger partial charge in [0.1, 0.15) is 0 Å². The van der Waals surface area contributed by atoms with E-state index in [1.807, 2.05) is 9.80 Å². The molecule has 6 nitrogen and oxygen atoms in total. The Morgan fingerprint density at radius 1 is 1.08 bits per heavy atom. The topological polar surface area (TPSA) is 78.7 Å². The quantitative estimate of drug-likeness (QED) is 0.759. The molecule has 0 aromatic carbocycles. The minimum atomic E-state index is 0. The molecule has 0 aliphatic carbocycles. The van der Waals surface area contributed by atoms with E-state index in [2.05, 4.69) is 26.1 Å². The monoisotopic (exact) mass is 388 g/mol. The molecule has 3 N–H and O–H groups in total. The van der Waals surface area contributed by atoms with Crippen LogP contribution in [0.2, 0.25) is 0 Å². The van der Waals surface area contributed by atoms with E-state index in [0.717, 1.165) is 45.3 Å². The Kier molecular flexibility index (Phi) is 9.72. The molecule has 0 spiro atoms. The van der Waals surface area contributed by atoms with Crippen LogP contribution in [0.25, 0.3) is 0 Å². The molecule has 0 bridgehead atoms. The number of nitrogens with zero attached hydrogens (tertiary/aromatic N) is 2. The van der Waals surface area contributed by atoms with Gasteiger partial charge in [-0.1, -0.05) is 13.8 Å². The highest BCUT2D eigenvalue weighted by Gasteiger charge is 2.29. The van der Waals surface area contributed by atoms with Crippen molar-refractivity contribution < 1.29 is 9.59 Å². The third-order valence-corrected chi connectivity index (χ3v) is 5.57. The summed E-state index contributed by atoms with van der Waals surface area (Å²) < 4.78 is 0. The molecule has 152 valence electrons. The zero-order valence-corrected chi connectivity index (χ0v) is 17.4. The van der Waals surface area contributed by atoms with E-state index < -0.39 is 0 Å². The summed E-state index contributed by atoms with van der Waals surface area (Å²) in [6.45, 7) is 10.1. The van der Waals surface area contributed by atoms with Crippen molar-refractivity contribution >= 4 is 24.3 Å². The first-order valence-electron chi connectivity index (χ1n) is 9.93. The number of hydrogen-bond acceptors (Lipinski definition) is 3. The third kappa shape index (κ3) is 6.95. The van der Waals surface area contributed by atoms with Crippen LogP contribution in [-0.4, -0.2) is 60.5 Å². The van der Waals surface area contributed by atoms with E-state index in [-0.39, 0.29) is 36.3 Å². The van der Waals surface area contributed by atoms with Gasteiger partial charge >= 0.3 is 6.03 Å². The smallest absolute Gasteiger partial charge is 0.317 e. The molecule has 3 amide bonds. The fraction of sp³-hybridized carbons (Fsp3) is 0.895. The Bertz CT molecular complexity index is 451. The van der Waals surface area contributed by atoms with Gasteiger partial charge in [0.05, 0.1) is 0 Å². The van der Waals surface area contributed by atoms with E-state index in [9.17, 15) is 9.59 Å². The third-order valence-electron chi connectivity index (χ3n) is 5.57. The molecule has 2 unspecified atom stereocenters. The summed E-state index contributed by atoms with van der Waals surface area (Å²) in [5, 5.41) is 2.98. The first-order chi connectivity index (χ1) is 11.9. The maximum absolute atomic E-state index is 12.6. The molecule has 0 aromatic heterocycles. The highest BCUT2D eigenvalue weighted by molar-refractivity contribution is 5.85. The summed E-state index contributed by atoms with van der Waals surface area (Å²) >= 11 is 0. The van der Waals surface area contributed by atoms with Crippen molar-refractivity contribution in [2.75, 3.05) is 32.7 Å². The summed E-state index contributed by atoms with van der Waals surface area (Å²) in [6.07, 6.45) is 4.61. The molecule has 26 heavy (non-hydrogen) atoms. The lowest BCUT2D eigenvalue weighted by atomic mass is 9.90. The number of rotatable bonds is 5. The van der Waals surface area contributed by atoms with Gasteiger partial charge in [-0.05, 0) is 50.4 Å². The second kappa shape index (κ2) is 11.0. The van der Waals surface area contributed by atoms with Gasteiger partial charge in [0.15, 0.2) is 0 Å². The van der Waals surface area contributed by atoms with Gasteiger partial charge in [0, 0.05) is 45.2 Å². The molecule has 0 aromatic rings. The second-order valence-electron chi connectivity index (χ2n) is 8.32. The summed E-state index contributed by atoms with van der Waals surface area (Å²) in [4.78, 5) is 28.7. The summed E-state index contributed by atoms with van der Waals surface area (Å²) in [7, 11) is 0. The number of carbonyl (C=O) groups is 2. The number of urea groups is 1. The summed E-state index contributed by atoms with van der Waals surface area (Å²) in [5.74, 6) is 1.53. The number of carbonyl (C=O) groups excluding carboxylic acids is 2. The lowest BCUT2D eigenvalue weighted by molar-refractivity contribution is -0.134. The Hall–Kier alpha value is -1.01. The van der Waals surface area contributed by atoms with Gasteiger partial charge in [-0.3, -0.25) is 4.79 Å². The number of hydrogen-bond donors (Lipinski definition) is 2. The average Bonchev–Trinajstić information content (AvgIpc) is 2.59. The maximum Gasteiger partial charge on any atom is 0.317 e. The van der Waals surface area contributed by atoms with Crippen molar-refractivity contribution in [3.05, 3.63) is 0 Å². The van der Waals surface area contributed by atoms with Gasteiger partial charge in [0.25, 0.3) is 0 Å². The van der Waals surface area contributed by atoms with Crippen LogP contribution in [-0.2, 0) is 4.79 Å². The van der Waals surface area contributed by atoms with Gasteiger partial charge in [-0.15, -0.1) is 12.4 Å². The molecule has 2 rings (SSSR count). The summed E-state index contributed by atoms with van der Waals surface area (Å²) in [5.41, 5.74) is 5.98. The Morgan fingerprint density at radius 2 is 1.73 bits per heavy atom. The van der Waals surface area contributed by atoms with E-state index in [1.165, 1.54) is 0 Å². The summed E-state index contributed by atoms with van der Waals surface area (Å²) in [6, 6.07) is 0.233. The predicted molar refractivity (Wildman–Crippen MR) is 107 cm³/mol. The van der Waals surface area contributed by atoms with Gasteiger partial charge in [-0.2, -0.15) is 0 Å². The van der Waals surface area contributed by atoms with Crippen molar-refractivity contribution in [1.82, 2.24) is 15.1 Å². The van der Waals surface area contributed by atoms with Crippen LogP contribution in [0.3, 0.4) is 0 Å². The van der Waals surface area contributed by atoms with Crippen LogP contribution >= 0.6 is 12.4 Å². The normalized spacial score (nSPS) is 22.7. The van der Waals surface area contributed by atoms with E-state index >= 15 is 0 Å². The van der Waals surface area contributed by atoms with Gasteiger partial charge < -0.3 is 20.9 Å². The van der Waals surface area contributed by atoms with Crippen molar-refractivity contribution in [2.45, 2.75) is 58.9 Å². The Balaban J connectivity index is 0.00000338. The number of nitrogens with one attached hydrogen (secondary N) is 1. The molecule has 2 heterocycles. The molecule has 2 fully saturated rings. The first kappa shape index (κ1) is 23.0. The zero-order chi connectivity index (χ0) is 18.4. The molecule has 2 saturated heterocycles. The first-order valence-corrected chi connectivity index (χ1v) is 9.93. The Labute approximate surface area is 164 Å². The fourth-order valence-electron chi connectivity index (χ4n) is 3.87. The van der Waals surface area contributed by atoms with Crippen LogP contribution in [0.4, 0.5) is 4.79 Å². The van der Waals surface area contributed by atoms with Crippen molar-refractivity contribution in [3.8, 4) is 0 Å². The number of nitrogens with two attached hydrogens (primary N) is 1. The molecule has 0 saturated carbocycles. The number of piperidine rings is 2. The maximum atomic E-state index is 12.6.